The number of carbonyl (C=O) groups excluding carboxylic acids is 1. The number of carbonyl (C=O) groups is 1. The molecule has 0 radical (unpaired) electrons. The lowest BCUT2D eigenvalue weighted by Crippen LogP contribution is -2.43. The quantitative estimate of drug-likeness (QED) is 0.771. The first kappa shape index (κ1) is 18.9. The van der Waals surface area contributed by atoms with Gasteiger partial charge in [0, 0.05) is 30.7 Å². The Morgan fingerprint density at radius 1 is 1.00 bits per heavy atom. The smallest absolute Gasteiger partial charge is 0.254 e. The van der Waals surface area contributed by atoms with Gasteiger partial charge in [0.15, 0.2) is 0 Å². The van der Waals surface area contributed by atoms with Gasteiger partial charge in [0.2, 0.25) is 10.0 Å². The molecule has 0 atom stereocenters. The van der Waals surface area contributed by atoms with Crippen molar-refractivity contribution in [3.63, 3.8) is 0 Å². The second kappa shape index (κ2) is 7.55. The van der Waals surface area contributed by atoms with Crippen LogP contribution in [0.4, 0.5) is 0 Å². The molecule has 1 saturated heterocycles. The van der Waals surface area contributed by atoms with Gasteiger partial charge in [-0.2, -0.15) is 4.31 Å². The van der Waals surface area contributed by atoms with E-state index >= 15 is 0 Å². The molecule has 1 amide bonds. The fourth-order valence-electron chi connectivity index (χ4n) is 4.52. The van der Waals surface area contributed by atoms with Crippen LogP contribution in [-0.2, 0) is 10.0 Å². The van der Waals surface area contributed by atoms with Crippen molar-refractivity contribution in [2.24, 2.45) is 5.92 Å². The molecule has 4 rings (SSSR count). The molecule has 2 saturated carbocycles. The van der Waals surface area contributed by atoms with Crippen LogP contribution < -0.4 is 0 Å². The highest BCUT2D eigenvalue weighted by atomic mass is 32.2. The number of amides is 1. The summed E-state index contributed by atoms with van der Waals surface area (Å²) in [4.78, 5) is 15.7. The highest BCUT2D eigenvalue weighted by Crippen LogP contribution is 2.36. The molecule has 1 aromatic rings. The van der Waals surface area contributed by atoms with E-state index < -0.39 is 10.0 Å². The molecular formula is C21H30N2O3S. The molecule has 1 aliphatic heterocycles. The molecule has 6 heteroatoms. The van der Waals surface area contributed by atoms with E-state index in [1.165, 1.54) is 17.1 Å². The monoisotopic (exact) mass is 390 g/mol. The molecule has 1 heterocycles. The van der Waals surface area contributed by atoms with Crippen molar-refractivity contribution in [1.29, 1.82) is 0 Å². The van der Waals surface area contributed by atoms with E-state index in [1.807, 2.05) is 0 Å². The lowest BCUT2D eigenvalue weighted by molar-refractivity contribution is 0.0593. The minimum absolute atomic E-state index is 0.00975. The van der Waals surface area contributed by atoms with Gasteiger partial charge in [0.1, 0.15) is 0 Å². The maximum Gasteiger partial charge on any atom is 0.254 e. The van der Waals surface area contributed by atoms with Crippen LogP contribution in [-0.4, -0.2) is 48.7 Å². The third kappa shape index (κ3) is 3.92. The van der Waals surface area contributed by atoms with Gasteiger partial charge in [-0.3, -0.25) is 4.79 Å². The first-order chi connectivity index (χ1) is 13.0. The largest absolute Gasteiger partial charge is 0.333 e. The van der Waals surface area contributed by atoms with Crippen molar-refractivity contribution in [1.82, 2.24) is 9.21 Å². The average Bonchev–Trinajstić information content (AvgIpc) is 3.34. The second-order valence-corrected chi connectivity index (χ2v) is 10.4. The molecule has 5 nitrogen and oxygen atoms in total. The summed E-state index contributed by atoms with van der Waals surface area (Å²) in [6.07, 6.45) is 8.44. The maximum atomic E-state index is 13.3. The van der Waals surface area contributed by atoms with E-state index in [-0.39, 0.29) is 10.8 Å². The highest BCUT2D eigenvalue weighted by molar-refractivity contribution is 7.89. The summed E-state index contributed by atoms with van der Waals surface area (Å²) in [6.45, 7) is 3.44. The summed E-state index contributed by atoms with van der Waals surface area (Å²) in [6, 6.07) is 7.34. The van der Waals surface area contributed by atoms with E-state index in [0.29, 0.717) is 30.7 Å². The molecule has 0 N–H and O–H groups in total. The van der Waals surface area contributed by atoms with Crippen LogP contribution in [0.5, 0.6) is 0 Å². The zero-order chi connectivity index (χ0) is 19.0. The van der Waals surface area contributed by atoms with Crippen LogP contribution in [0.1, 0.15) is 68.6 Å². The SMILES string of the molecule is CC1CCC(N(C(=O)c2cccc(S(=O)(=O)N3CCCC3)c2)C2CC2)CC1. The summed E-state index contributed by atoms with van der Waals surface area (Å²) >= 11 is 0. The standard InChI is InChI=1S/C21H30N2O3S/c1-16-7-9-18(10-8-16)23(19-11-12-19)21(24)17-5-4-6-20(15-17)27(25,26)22-13-2-3-14-22/h4-6,15-16,18-19H,2-3,7-14H2,1H3. The van der Waals surface area contributed by atoms with Gasteiger partial charge < -0.3 is 4.90 Å². The lowest BCUT2D eigenvalue weighted by Gasteiger charge is -2.36. The Morgan fingerprint density at radius 2 is 1.59 bits per heavy atom. The number of sulfonamides is 1. The molecule has 0 bridgehead atoms. The van der Waals surface area contributed by atoms with Crippen LogP contribution in [0.25, 0.3) is 0 Å². The fraction of sp³-hybridized carbons (Fsp3) is 0.667. The predicted octanol–water partition coefficient (Wildman–Crippen LogP) is 3.65. The van der Waals surface area contributed by atoms with Gasteiger partial charge in [-0.25, -0.2) is 8.42 Å². The Morgan fingerprint density at radius 3 is 2.19 bits per heavy atom. The Balaban J connectivity index is 1.57. The van der Waals surface area contributed by atoms with Crippen LogP contribution in [0.15, 0.2) is 29.2 Å². The number of hydrogen-bond acceptors (Lipinski definition) is 3. The van der Waals surface area contributed by atoms with Gasteiger partial charge in [0.25, 0.3) is 5.91 Å². The van der Waals surface area contributed by atoms with Crippen molar-refractivity contribution in [3.05, 3.63) is 29.8 Å². The summed E-state index contributed by atoms with van der Waals surface area (Å²) < 4.78 is 27.3. The Labute approximate surface area is 162 Å². The van der Waals surface area contributed by atoms with E-state index in [1.54, 1.807) is 24.3 Å². The second-order valence-electron chi connectivity index (χ2n) is 8.50. The van der Waals surface area contributed by atoms with Crippen LogP contribution in [0.3, 0.4) is 0 Å². The Hall–Kier alpha value is -1.40. The Bertz CT molecular complexity index is 789. The minimum atomic E-state index is -3.49. The van der Waals surface area contributed by atoms with Gasteiger partial charge in [-0.1, -0.05) is 13.0 Å². The highest BCUT2D eigenvalue weighted by Gasteiger charge is 2.39. The van der Waals surface area contributed by atoms with Crippen LogP contribution in [0, 0.1) is 5.92 Å². The first-order valence-corrected chi connectivity index (χ1v) is 11.8. The summed E-state index contributed by atoms with van der Waals surface area (Å²) in [5.74, 6) is 0.752. The van der Waals surface area contributed by atoms with E-state index in [9.17, 15) is 13.2 Å². The zero-order valence-corrected chi connectivity index (χ0v) is 17.0. The Kier molecular flexibility index (Phi) is 5.30. The summed E-state index contributed by atoms with van der Waals surface area (Å²) in [5, 5.41) is 0. The van der Waals surface area contributed by atoms with E-state index in [2.05, 4.69) is 11.8 Å². The number of nitrogens with zero attached hydrogens (tertiary/aromatic N) is 2. The zero-order valence-electron chi connectivity index (χ0n) is 16.1. The fourth-order valence-corrected chi connectivity index (χ4v) is 6.08. The molecule has 148 valence electrons. The summed E-state index contributed by atoms with van der Waals surface area (Å²) in [5.41, 5.74) is 0.515. The van der Waals surface area contributed by atoms with Gasteiger partial charge >= 0.3 is 0 Å². The van der Waals surface area contributed by atoms with Crippen molar-refractivity contribution in [2.45, 2.75) is 75.3 Å². The molecule has 3 aliphatic rings. The van der Waals surface area contributed by atoms with Gasteiger partial charge in [-0.05, 0) is 75.5 Å². The summed E-state index contributed by atoms with van der Waals surface area (Å²) in [7, 11) is -3.49. The third-order valence-electron chi connectivity index (χ3n) is 6.34. The normalized spacial score (nSPS) is 26.9. The van der Waals surface area contributed by atoms with Crippen LogP contribution in [0.2, 0.25) is 0 Å². The minimum Gasteiger partial charge on any atom is -0.333 e. The number of rotatable bonds is 5. The number of hydrogen-bond donors (Lipinski definition) is 0. The molecule has 2 aliphatic carbocycles. The maximum absolute atomic E-state index is 13.3. The third-order valence-corrected chi connectivity index (χ3v) is 8.23. The topological polar surface area (TPSA) is 57.7 Å². The van der Waals surface area contributed by atoms with E-state index in [4.69, 9.17) is 0 Å². The molecule has 1 aromatic carbocycles. The van der Waals surface area contributed by atoms with Crippen LogP contribution >= 0.6 is 0 Å². The van der Waals surface area contributed by atoms with Crippen molar-refractivity contribution >= 4 is 15.9 Å². The molecule has 27 heavy (non-hydrogen) atoms. The molecular weight excluding hydrogens is 360 g/mol. The average molecular weight is 391 g/mol. The van der Waals surface area contributed by atoms with Crippen molar-refractivity contribution in [2.75, 3.05) is 13.1 Å². The van der Waals surface area contributed by atoms with Gasteiger partial charge in [0.05, 0.1) is 4.90 Å². The lowest BCUT2D eigenvalue weighted by atomic mass is 9.86. The first-order valence-electron chi connectivity index (χ1n) is 10.4. The van der Waals surface area contributed by atoms with E-state index in [0.717, 1.165) is 44.4 Å². The van der Waals surface area contributed by atoms with Crippen molar-refractivity contribution < 1.29 is 13.2 Å². The molecule has 0 unspecified atom stereocenters. The van der Waals surface area contributed by atoms with Crippen molar-refractivity contribution in [3.8, 4) is 0 Å². The molecule has 3 fully saturated rings. The molecule has 0 spiro atoms. The number of benzene rings is 1. The van der Waals surface area contributed by atoms with Gasteiger partial charge in [-0.15, -0.1) is 0 Å². The predicted molar refractivity (Wildman–Crippen MR) is 105 cm³/mol. The molecule has 0 aromatic heterocycles.